The molecule has 0 aliphatic carbocycles. The number of aryl methyl sites for hydroxylation is 1. The summed E-state index contributed by atoms with van der Waals surface area (Å²) in [6.07, 6.45) is 2.77. The molecule has 0 spiro atoms. The molecule has 0 N–H and O–H groups in total. The van der Waals surface area contributed by atoms with Gasteiger partial charge in [-0.15, -0.1) is 6.58 Å². The van der Waals surface area contributed by atoms with Crippen molar-refractivity contribution >= 4 is 39.6 Å². The topological polar surface area (TPSA) is 17.8 Å². The quantitative estimate of drug-likeness (QED) is 0.676. The lowest BCUT2D eigenvalue weighted by Gasteiger charge is -2.04. The lowest BCUT2D eigenvalue weighted by atomic mass is 10.3. The van der Waals surface area contributed by atoms with Crippen LogP contribution in [0.4, 0.5) is 0 Å². The first kappa shape index (κ1) is 11.7. The zero-order valence-electron chi connectivity index (χ0n) is 8.86. The maximum Gasteiger partial charge on any atom is 0.110 e. The molecule has 16 heavy (non-hydrogen) atoms. The largest absolute Gasteiger partial charge is 0.324 e. The summed E-state index contributed by atoms with van der Waals surface area (Å²) < 4.78 is 3.24. The Morgan fingerprint density at radius 3 is 3.00 bits per heavy atom. The van der Waals surface area contributed by atoms with Gasteiger partial charge >= 0.3 is 0 Å². The first-order valence-electron chi connectivity index (χ1n) is 5.12. The van der Waals surface area contributed by atoms with Crippen molar-refractivity contribution < 1.29 is 0 Å². The number of thiol groups is 1. The van der Waals surface area contributed by atoms with E-state index >= 15 is 0 Å². The number of benzene rings is 1. The number of hydrogen-bond acceptors (Lipinski definition) is 2. The standard InChI is InChI=1S/C12H13BrN2S/c1-2-6-15-11-4-3-9(13)8-10(11)14-12(15)5-7-16/h2-4,8,16H,1,5-7H2. The molecule has 1 heterocycles. The van der Waals surface area contributed by atoms with Gasteiger partial charge < -0.3 is 4.57 Å². The third-order valence-electron chi connectivity index (χ3n) is 2.44. The minimum absolute atomic E-state index is 0.793. The van der Waals surface area contributed by atoms with Crippen LogP contribution in [0.3, 0.4) is 0 Å². The molecule has 1 aromatic carbocycles. The van der Waals surface area contributed by atoms with Crippen molar-refractivity contribution in [2.45, 2.75) is 13.0 Å². The Labute approximate surface area is 109 Å². The Hall–Kier alpha value is -0.740. The average molecular weight is 297 g/mol. The Balaban J connectivity index is 2.60. The number of allylic oxidation sites excluding steroid dienone is 1. The highest BCUT2D eigenvalue weighted by molar-refractivity contribution is 9.10. The summed E-state index contributed by atoms with van der Waals surface area (Å²) in [6.45, 7) is 4.58. The average Bonchev–Trinajstić information content (AvgIpc) is 2.57. The summed E-state index contributed by atoms with van der Waals surface area (Å²) in [5, 5.41) is 0. The number of nitrogens with zero attached hydrogens (tertiary/aromatic N) is 2. The van der Waals surface area contributed by atoms with Crippen LogP contribution < -0.4 is 0 Å². The summed E-state index contributed by atoms with van der Waals surface area (Å²) in [6, 6.07) is 6.16. The minimum atomic E-state index is 0.793. The van der Waals surface area contributed by atoms with E-state index in [9.17, 15) is 0 Å². The van der Waals surface area contributed by atoms with E-state index in [1.165, 1.54) is 0 Å². The minimum Gasteiger partial charge on any atom is -0.324 e. The van der Waals surface area contributed by atoms with Crippen LogP contribution >= 0.6 is 28.6 Å². The predicted octanol–water partition coefficient (Wildman–Crippen LogP) is 3.46. The summed E-state index contributed by atoms with van der Waals surface area (Å²) in [5.74, 6) is 1.88. The molecule has 0 aliphatic rings. The molecule has 1 aromatic heterocycles. The van der Waals surface area contributed by atoms with Crippen molar-refractivity contribution in [2.24, 2.45) is 0 Å². The summed E-state index contributed by atoms with van der Waals surface area (Å²) in [5.41, 5.74) is 2.17. The van der Waals surface area contributed by atoms with Crippen molar-refractivity contribution in [1.82, 2.24) is 9.55 Å². The van der Waals surface area contributed by atoms with Gasteiger partial charge in [-0.05, 0) is 24.0 Å². The van der Waals surface area contributed by atoms with E-state index in [0.29, 0.717) is 0 Å². The van der Waals surface area contributed by atoms with Gasteiger partial charge in [0.05, 0.1) is 11.0 Å². The van der Waals surface area contributed by atoms with E-state index in [0.717, 1.165) is 40.0 Å². The first-order valence-corrected chi connectivity index (χ1v) is 6.55. The number of imidazole rings is 1. The van der Waals surface area contributed by atoms with Crippen LogP contribution in [-0.4, -0.2) is 15.3 Å². The molecule has 0 atom stereocenters. The molecule has 2 rings (SSSR count). The highest BCUT2D eigenvalue weighted by Crippen LogP contribution is 2.21. The number of rotatable bonds is 4. The molecule has 0 aliphatic heterocycles. The second kappa shape index (κ2) is 5.06. The van der Waals surface area contributed by atoms with Crippen molar-refractivity contribution in [1.29, 1.82) is 0 Å². The van der Waals surface area contributed by atoms with E-state index in [-0.39, 0.29) is 0 Å². The zero-order valence-corrected chi connectivity index (χ0v) is 11.3. The lowest BCUT2D eigenvalue weighted by Crippen LogP contribution is -2.02. The van der Waals surface area contributed by atoms with Crippen LogP contribution in [0.5, 0.6) is 0 Å². The van der Waals surface area contributed by atoms with E-state index in [1.54, 1.807) is 0 Å². The molecule has 0 fully saturated rings. The van der Waals surface area contributed by atoms with E-state index in [4.69, 9.17) is 0 Å². The van der Waals surface area contributed by atoms with Crippen LogP contribution in [0.2, 0.25) is 0 Å². The van der Waals surface area contributed by atoms with Crippen molar-refractivity contribution in [3.8, 4) is 0 Å². The Kier molecular flexibility index (Phi) is 3.71. The molecule has 0 saturated carbocycles. The summed E-state index contributed by atoms with van der Waals surface area (Å²) >= 11 is 7.72. The Bertz CT molecular complexity index is 519. The van der Waals surface area contributed by atoms with Gasteiger partial charge in [0.2, 0.25) is 0 Å². The van der Waals surface area contributed by atoms with Crippen LogP contribution in [0.1, 0.15) is 5.82 Å². The zero-order chi connectivity index (χ0) is 11.5. The van der Waals surface area contributed by atoms with Gasteiger partial charge in [0, 0.05) is 17.4 Å². The van der Waals surface area contributed by atoms with E-state index < -0.39 is 0 Å². The van der Waals surface area contributed by atoms with Gasteiger partial charge in [0.25, 0.3) is 0 Å². The van der Waals surface area contributed by atoms with Crippen molar-refractivity contribution in [3.05, 3.63) is 41.2 Å². The van der Waals surface area contributed by atoms with Crippen LogP contribution in [0.15, 0.2) is 35.3 Å². The highest BCUT2D eigenvalue weighted by Gasteiger charge is 2.08. The van der Waals surface area contributed by atoms with Gasteiger partial charge in [-0.1, -0.05) is 22.0 Å². The second-order valence-corrected chi connectivity index (χ2v) is 4.90. The fourth-order valence-electron chi connectivity index (χ4n) is 1.78. The first-order chi connectivity index (χ1) is 7.76. The summed E-state index contributed by atoms with van der Waals surface area (Å²) in [7, 11) is 0. The van der Waals surface area contributed by atoms with Crippen molar-refractivity contribution in [2.75, 3.05) is 5.75 Å². The fourth-order valence-corrected chi connectivity index (χ4v) is 2.33. The second-order valence-electron chi connectivity index (χ2n) is 3.53. The monoisotopic (exact) mass is 296 g/mol. The molecular formula is C12H13BrN2S. The molecular weight excluding hydrogens is 284 g/mol. The van der Waals surface area contributed by atoms with Crippen molar-refractivity contribution in [3.63, 3.8) is 0 Å². The maximum atomic E-state index is 4.62. The molecule has 0 unspecified atom stereocenters. The fraction of sp³-hybridized carbons (Fsp3) is 0.250. The van der Waals surface area contributed by atoms with Crippen LogP contribution in [0, 0.1) is 0 Å². The van der Waals surface area contributed by atoms with Crippen LogP contribution in [-0.2, 0) is 13.0 Å². The molecule has 4 heteroatoms. The highest BCUT2D eigenvalue weighted by atomic mass is 79.9. The van der Waals surface area contributed by atoms with Gasteiger partial charge in [-0.25, -0.2) is 4.98 Å². The number of hydrogen-bond donors (Lipinski definition) is 1. The Morgan fingerprint density at radius 1 is 1.50 bits per heavy atom. The van der Waals surface area contributed by atoms with Gasteiger partial charge in [0.15, 0.2) is 0 Å². The van der Waals surface area contributed by atoms with Gasteiger partial charge in [-0.3, -0.25) is 0 Å². The van der Waals surface area contributed by atoms with Crippen LogP contribution in [0.25, 0.3) is 11.0 Å². The molecule has 84 valence electrons. The SMILES string of the molecule is C=CCn1c(CCS)nc2cc(Br)ccc21. The molecule has 0 saturated heterocycles. The molecule has 0 bridgehead atoms. The molecule has 2 nitrogen and oxygen atoms in total. The third-order valence-corrected chi connectivity index (χ3v) is 3.15. The normalized spacial score (nSPS) is 10.9. The lowest BCUT2D eigenvalue weighted by molar-refractivity contribution is 0.773. The molecule has 0 radical (unpaired) electrons. The van der Waals surface area contributed by atoms with E-state index in [2.05, 4.69) is 50.8 Å². The van der Waals surface area contributed by atoms with E-state index in [1.807, 2.05) is 18.2 Å². The third kappa shape index (κ3) is 2.18. The van der Waals surface area contributed by atoms with Gasteiger partial charge in [-0.2, -0.15) is 12.6 Å². The Morgan fingerprint density at radius 2 is 2.31 bits per heavy atom. The molecule has 0 amide bonds. The number of fused-ring (bicyclic) bond motifs is 1. The maximum absolute atomic E-state index is 4.62. The number of aromatic nitrogens is 2. The summed E-state index contributed by atoms with van der Waals surface area (Å²) in [4.78, 5) is 4.62. The predicted molar refractivity (Wildman–Crippen MR) is 75.2 cm³/mol. The number of halogens is 1. The van der Waals surface area contributed by atoms with Gasteiger partial charge in [0.1, 0.15) is 5.82 Å². The molecule has 2 aromatic rings. The smallest absolute Gasteiger partial charge is 0.110 e.